The van der Waals surface area contributed by atoms with Crippen LogP contribution in [0.15, 0.2) is 16.8 Å². The normalized spacial score (nSPS) is 15.8. The number of anilines is 1. The van der Waals surface area contributed by atoms with Crippen molar-refractivity contribution in [2.75, 3.05) is 24.5 Å². The van der Waals surface area contributed by atoms with Gasteiger partial charge in [0.1, 0.15) is 5.60 Å². The van der Waals surface area contributed by atoms with Crippen LogP contribution in [0, 0.1) is 5.92 Å². The first-order valence-corrected chi connectivity index (χ1v) is 9.12. The third kappa shape index (κ3) is 6.69. The van der Waals surface area contributed by atoms with Crippen LogP contribution in [0.3, 0.4) is 0 Å². The monoisotopic (exact) mass is 326 g/mol. The summed E-state index contributed by atoms with van der Waals surface area (Å²) in [5, 5.41) is 7.19. The van der Waals surface area contributed by atoms with Gasteiger partial charge in [-0.1, -0.05) is 13.8 Å². The second kappa shape index (κ2) is 9.03. The molecule has 0 radical (unpaired) electrons. The van der Waals surface area contributed by atoms with Gasteiger partial charge in [0.2, 0.25) is 0 Å². The number of carbonyl (C=O) groups is 1. The van der Waals surface area contributed by atoms with Crippen molar-refractivity contribution in [3.8, 4) is 0 Å². The van der Waals surface area contributed by atoms with Crippen molar-refractivity contribution in [3.63, 3.8) is 0 Å². The number of alkyl carbamates (subject to hydrolysis) is 1. The smallest absolute Gasteiger partial charge is 0.407 e. The molecule has 1 saturated heterocycles. The Bertz CT molecular complexity index is 418. The van der Waals surface area contributed by atoms with Crippen LogP contribution in [0.4, 0.5) is 10.5 Å². The zero-order valence-corrected chi connectivity index (χ0v) is 15.3. The van der Waals surface area contributed by atoms with Crippen LogP contribution in [0.25, 0.3) is 0 Å². The zero-order valence-electron chi connectivity index (χ0n) is 14.5. The number of hydrogen-bond acceptors (Lipinski definition) is 4. The minimum Gasteiger partial charge on any atom is -0.444 e. The molecule has 2 rings (SSSR count). The molecule has 1 N–H and O–H groups in total. The Kier molecular flexibility index (Phi) is 7.73. The van der Waals surface area contributed by atoms with Gasteiger partial charge in [-0.05, 0) is 51.0 Å². The predicted molar refractivity (Wildman–Crippen MR) is 94.8 cm³/mol. The quantitative estimate of drug-likeness (QED) is 0.888. The number of ether oxygens (including phenoxy) is 1. The van der Waals surface area contributed by atoms with Crippen LogP contribution >= 0.6 is 11.3 Å². The summed E-state index contributed by atoms with van der Waals surface area (Å²) in [6.45, 7) is 12.5. The molecule has 1 amide bonds. The van der Waals surface area contributed by atoms with Crippen LogP contribution in [0.2, 0.25) is 0 Å². The van der Waals surface area contributed by atoms with Gasteiger partial charge < -0.3 is 15.0 Å². The summed E-state index contributed by atoms with van der Waals surface area (Å²) in [6.07, 6.45) is 1.93. The second-order valence-corrected chi connectivity index (χ2v) is 7.07. The number of hydrogen-bond donors (Lipinski definition) is 1. The van der Waals surface area contributed by atoms with Crippen molar-refractivity contribution in [1.82, 2.24) is 5.32 Å². The molecule has 0 unspecified atom stereocenters. The Morgan fingerprint density at radius 1 is 1.36 bits per heavy atom. The average Bonchev–Trinajstić information content (AvgIpc) is 3.00. The summed E-state index contributed by atoms with van der Waals surface area (Å²) in [6, 6.07) is 2.17. The molecular weight excluding hydrogens is 296 g/mol. The number of thiophene rings is 1. The molecule has 1 aliphatic heterocycles. The molecule has 0 aromatic carbocycles. The maximum Gasteiger partial charge on any atom is 0.407 e. The third-order valence-electron chi connectivity index (χ3n) is 3.42. The molecule has 0 atom stereocenters. The zero-order chi connectivity index (χ0) is 16.6. The maximum atomic E-state index is 11.6. The fourth-order valence-electron chi connectivity index (χ4n) is 2.37. The number of amides is 1. The van der Waals surface area contributed by atoms with E-state index in [1.165, 1.54) is 5.69 Å². The summed E-state index contributed by atoms with van der Waals surface area (Å²) in [4.78, 5) is 14.0. The molecule has 1 fully saturated rings. The molecule has 126 valence electrons. The Hall–Kier alpha value is -1.23. The van der Waals surface area contributed by atoms with Crippen molar-refractivity contribution < 1.29 is 9.53 Å². The van der Waals surface area contributed by atoms with Crippen molar-refractivity contribution >= 4 is 23.1 Å². The van der Waals surface area contributed by atoms with E-state index in [0.29, 0.717) is 12.5 Å². The van der Waals surface area contributed by atoms with Crippen molar-refractivity contribution in [3.05, 3.63) is 16.8 Å². The highest BCUT2D eigenvalue weighted by Crippen LogP contribution is 2.24. The highest BCUT2D eigenvalue weighted by Gasteiger charge is 2.21. The Morgan fingerprint density at radius 3 is 2.50 bits per heavy atom. The lowest BCUT2D eigenvalue weighted by Crippen LogP contribution is -2.40. The Morgan fingerprint density at radius 2 is 2.00 bits per heavy atom. The van der Waals surface area contributed by atoms with Crippen LogP contribution in [-0.4, -0.2) is 31.3 Å². The van der Waals surface area contributed by atoms with Crippen molar-refractivity contribution in [2.24, 2.45) is 5.92 Å². The van der Waals surface area contributed by atoms with E-state index in [-0.39, 0.29) is 6.09 Å². The van der Waals surface area contributed by atoms with Gasteiger partial charge in [-0.25, -0.2) is 4.79 Å². The molecule has 0 spiro atoms. The molecule has 0 aliphatic carbocycles. The van der Waals surface area contributed by atoms with E-state index in [0.717, 1.165) is 25.9 Å². The fraction of sp³-hybridized carbons (Fsp3) is 0.706. The molecule has 5 heteroatoms. The molecule has 1 aliphatic rings. The molecule has 1 aromatic heterocycles. The van der Waals surface area contributed by atoms with Crippen LogP contribution < -0.4 is 10.2 Å². The minimum atomic E-state index is -0.424. The van der Waals surface area contributed by atoms with Crippen LogP contribution in [0.1, 0.15) is 47.5 Å². The molecule has 1 aromatic rings. The van der Waals surface area contributed by atoms with Crippen LogP contribution in [0.5, 0.6) is 0 Å². The summed E-state index contributed by atoms with van der Waals surface area (Å²) in [7, 11) is 0. The fourth-order valence-corrected chi connectivity index (χ4v) is 3.04. The maximum absolute atomic E-state index is 11.6. The lowest BCUT2D eigenvalue weighted by atomic mass is 9.96. The van der Waals surface area contributed by atoms with Gasteiger partial charge in [0.15, 0.2) is 0 Å². The lowest BCUT2D eigenvalue weighted by Gasteiger charge is -2.33. The molecule has 0 saturated carbocycles. The van der Waals surface area contributed by atoms with Crippen molar-refractivity contribution in [1.29, 1.82) is 0 Å². The summed E-state index contributed by atoms with van der Waals surface area (Å²) < 4.78 is 5.25. The van der Waals surface area contributed by atoms with Gasteiger partial charge in [-0.3, -0.25) is 0 Å². The van der Waals surface area contributed by atoms with E-state index in [9.17, 15) is 4.79 Å². The molecule has 2 heterocycles. The highest BCUT2D eigenvalue weighted by molar-refractivity contribution is 7.08. The first kappa shape index (κ1) is 18.8. The first-order valence-electron chi connectivity index (χ1n) is 8.18. The van der Waals surface area contributed by atoms with E-state index in [2.05, 4.69) is 27.0 Å². The Balaban J connectivity index is 0.00000116. The van der Waals surface area contributed by atoms with E-state index in [1.54, 1.807) is 11.3 Å². The molecule has 22 heavy (non-hydrogen) atoms. The van der Waals surface area contributed by atoms with Crippen LogP contribution in [-0.2, 0) is 4.74 Å². The van der Waals surface area contributed by atoms with Crippen molar-refractivity contribution in [2.45, 2.75) is 53.1 Å². The van der Waals surface area contributed by atoms with Gasteiger partial charge >= 0.3 is 6.09 Å². The van der Waals surface area contributed by atoms with Gasteiger partial charge in [0, 0.05) is 30.7 Å². The number of carbonyl (C=O) groups excluding carboxylic acids is 1. The van der Waals surface area contributed by atoms with E-state index < -0.39 is 5.60 Å². The van der Waals surface area contributed by atoms with E-state index in [1.807, 2.05) is 34.6 Å². The number of piperidine rings is 1. The van der Waals surface area contributed by atoms with Gasteiger partial charge in [0.05, 0.1) is 0 Å². The van der Waals surface area contributed by atoms with Gasteiger partial charge in [0.25, 0.3) is 0 Å². The highest BCUT2D eigenvalue weighted by atomic mass is 32.1. The molecule has 4 nitrogen and oxygen atoms in total. The largest absolute Gasteiger partial charge is 0.444 e. The predicted octanol–water partition coefficient (Wildman–Crippen LogP) is 4.52. The lowest BCUT2D eigenvalue weighted by molar-refractivity contribution is 0.0517. The summed E-state index contributed by atoms with van der Waals surface area (Å²) >= 11 is 1.74. The first-order chi connectivity index (χ1) is 10.4. The minimum absolute atomic E-state index is 0.308. The number of nitrogens with one attached hydrogen (secondary N) is 1. The van der Waals surface area contributed by atoms with Gasteiger partial charge in [-0.2, -0.15) is 11.3 Å². The second-order valence-electron chi connectivity index (χ2n) is 6.29. The number of rotatable bonds is 3. The number of nitrogens with zero attached hydrogens (tertiary/aromatic N) is 1. The van der Waals surface area contributed by atoms with Gasteiger partial charge in [-0.15, -0.1) is 0 Å². The summed E-state index contributed by atoms with van der Waals surface area (Å²) in [5.41, 5.74) is 0.903. The molecular formula is C17H30N2O2S. The Labute approximate surface area is 138 Å². The summed E-state index contributed by atoms with van der Waals surface area (Å²) in [5.74, 6) is 0.553. The molecule has 0 bridgehead atoms. The topological polar surface area (TPSA) is 41.6 Å². The average molecular weight is 327 g/mol. The standard InChI is InChI=1S/C15H24N2O2S.C2H6/c1-15(2,3)19-14(18)16-10-12-4-7-17(8-5-12)13-6-9-20-11-13;1-2/h6,9,11-12H,4-5,7-8,10H2,1-3H3,(H,16,18);1-2H3. The van der Waals surface area contributed by atoms with E-state index in [4.69, 9.17) is 4.74 Å². The SMILES string of the molecule is CC.CC(C)(C)OC(=O)NCC1CCN(c2ccsc2)CC1. The third-order valence-corrected chi connectivity index (χ3v) is 4.09. The van der Waals surface area contributed by atoms with E-state index >= 15 is 0 Å².